The number of hydrogen-bond acceptors (Lipinski definition) is 5. The smallest absolute Gasteiger partial charge is 0.283 e. The number of benzene rings is 1. The lowest BCUT2D eigenvalue weighted by atomic mass is 10.1. The van der Waals surface area contributed by atoms with Gasteiger partial charge >= 0.3 is 0 Å². The lowest BCUT2D eigenvalue weighted by Crippen LogP contribution is -2.34. The van der Waals surface area contributed by atoms with E-state index in [-0.39, 0.29) is 23.7 Å². The monoisotopic (exact) mass is 298 g/mol. The number of hydrogen-bond donors (Lipinski definition) is 2. The number of nitro groups is 1. The van der Waals surface area contributed by atoms with Crippen molar-refractivity contribution in [1.82, 2.24) is 5.32 Å². The Kier molecular flexibility index (Phi) is 5.97. The number of carbonyl (C=O) groups is 1. The van der Waals surface area contributed by atoms with Gasteiger partial charge in [0.15, 0.2) is 0 Å². The fraction of sp³-hybridized carbons (Fsp3) is 0.462. The Hall–Kier alpha value is -1.60. The molecule has 1 atom stereocenters. The third-order valence-corrected chi connectivity index (χ3v) is 3.66. The summed E-state index contributed by atoms with van der Waals surface area (Å²) in [6.07, 6.45) is 1.10. The number of thioether (sulfide) groups is 1. The van der Waals surface area contributed by atoms with Crippen LogP contribution in [0.4, 0.5) is 5.69 Å². The molecular weight excluding hydrogens is 280 g/mol. The molecule has 110 valence electrons. The molecule has 0 aliphatic rings. The van der Waals surface area contributed by atoms with Crippen LogP contribution in [0, 0.1) is 16.0 Å². The second kappa shape index (κ2) is 7.25. The lowest BCUT2D eigenvalue weighted by Gasteiger charge is -2.15. The lowest BCUT2D eigenvalue weighted by molar-refractivity contribution is -0.387. The van der Waals surface area contributed by atoms with Crippen LogP contribution in [0.25, 0.3) is 0 Å². The van der Waals surface area contributed by atoms with Gasteiger partial charge in [0, 0.05) is 18.2 Å². The first-order valence-corrected chi connectivity index (χ1v) is 7.38. The zero-order valence-electron chi connectivity index (χ0n) is 11.6. The summed E-state index contributed by atoms with van der Waals surface area (Å²) >= 11 is 1.25. The van der Waals surface area contributed by atoms with Crippen molar-refractivity contribution in [2.45, 2.75) is 24.8 Å². The quantitative estimate of drug-likeness (QED) is 0.476. The standard InChI is InChI=1S/C13H18N2O4S/c1-8(2)11(16)7-14-13(17)9-4-5-12(20-3)10(6-9)15(18)19/h4-6,8,11,16H,7H2,1-3H3,(H,14,17). The number of amides is 1. The molecule has 2 N–H and O–H groups in total. The maximum absolute atomic E-state index is 11.9. The zero-order valence-corrected chi connectivity index (χ0v) is 12.4. The van der Waals surface area contributed by atoms with Gasteiger partial charge in [0.2, 0.25) is 0 Å². The Morgan fingerprint density at radius 3 is 2.65 bits per heavy atom. The molecule has 1 aromatic carbocycles. The van der Waals surface area contributed by atoms with E-state index in [2.05, 4.69) is 5.32 Å². The third kappa shape index (κ3) is 4.21. The van der Waals surface area contributed by atoms with E-state index in [1.807, 2.05) is 13.8 Å². The van der Waals surface area contributed by atoms with Gasteiger partial charge in [0.25, 0.3) is 11.6 Å². The first kappa shape index (κ1) is 16.5. The van der Waals surface area contributed by atoms with Gasteiger partial charge < -0.3 is 10.4 Å². The molecule has 1 aromatic rings. The molecule has 0 aliphatic heterocycles. The fourth-order valence-corrected chi connectivity index (χ4v) is 2.06. The molecule has 0 saturated heterocycles. The van der Waals surface area contributed by atoms with Gasteiger partial charge in [-0.05, 0) is 24.3 Å². The topological polar surface area (TPSA) is 92.5 Å². The van der Waals surface area contributed by atoms with Crippen molar-refractivity contribution in [1.29, 1.82) is 0 Å². The van der Waals surface area contributed by atoms with Gasteiger partial charge in [0.05, 0.1) is 15.9 Å². The summed E-state index contributed by atoms with van der Waals surface area (Å²) in [5.74, 6) is -0.399. The predicted molar refractivity (Wildman–Crippen MR) is 78.1 cm³/mol. The van der Waals surface area contributed by atoms with Crippen molar-refractivity contribution in [3.05, 3.63) is 33.9 Å². The second-order valence-corrected chi connectivity index (χ2v) is 5.51. The number of aliphatic hydroxyl groups is 1. The van der Waals surface area contributed by atoms with E-state index in [1.165, 1.54) is 23.9 Å². The maximum Gasteiger partial charge on any atom is 0.283 e. The van der Waals surface area contributed by atoms with Crippen molar-refractivity contribution < 1.29 is 14.8 Å². The van der Waals surface area contributed by atoms with E-state index in [4.69, 9.17) is 0 Å². The van der Waals surface area contributed by atoms with Crippen molar-refractivity contribution in [3.8, 4) is 0 Å². The van der Waals surface area contributed by atoms with E-state index >= 15 is 0 Å². The third-order valence-electron chi connectivity index (χ3n) is 2.88. The zero-order chi connectivity index (χ0) is 15.3. The van der Waals surface area contributed by atoms with Crippen LogP contribution in [0.3, 0.4) is 0 Å². The molecule has 0 heterocycles. The SMILES string of the molecule is CSc1ccc(C(=O)NCC(O)C(C)C)cc1[N+](=O)[O-]. The van der Waals surface area contributed by atoms with Crippen LogP contribution in [-0.4, -0.2) is 34.8 Å². The fourth-order valence-electron chi connectivity index (χ4n) is 1.51. The van der Waals surface area contributed by atoms with Crippen LogP contribution in [-0.2, 0) is 0 Å². The molecule has 0 aliphatic carbocycles. The minimum Gasteiger partial charge on any atom is -0.391 e. The molecule has 1 amide bonds. The summed E-state index contributed by atoms with van der Waals surface area (Å²) in [5, 5.41) is 23.1. The molecule has 0 bridgehead atoms. The van der Waals surface area contributed by atoms with E-state index in [0.717, 1.165) is 0 Å². The van der Waals surface area contributed by atoms with Gasteiger partial charge in [-0.15, -0.1) is 11.8 Å². The Morgan fingerprint density at radius 2 is 2.15 bits per heavy atom. The highest BCUT2D eigenvalue weighted by Crippen LogP contribution is 2.28. The number of rotatable bonds is 6. The predicted octanol–water partition coefficient (Wildman–Crippen LogP) is 2.06. The minimum atomic E-state index is -0.639. The first-order valence-electron chi connectivity index (χ1n) is 6.15. The number of carbonyl (C=O) groups excluding carboxylic acids is 1. The molecule has 1 unspecified atom stereocenters. The Morgan fingerprint density at radius 1 is 1.50 bits per heavy atom. The van der Waals surface area contributed by atoms with Crippen LogP contribution in [0.1, 0.15) is 24.2 Å². The Labute approximate surface area is 121 Å². The van der Waals surface area contributed by atoms with E-state index in [0.29, 0.717) is 4.90 Å². The van der Waals surface area contributed by atoms with Crippen molar-refractivity contribution in [2.24, 2.45) is 5.92 Å². The van der Waals surface area contributed by atoms with Gasteiger partial charge in [-0.25, -0.2) is 0 Å². The van der Waals surface area contributed by atoms with Crippen LogP contribution in [0.15, 0.2) is 23.1 Å². The highest BCUT2D eigenvalue weighted by molar-refractivity contribution is 7.98. The molecule has 1 rings (SSSR count). The second-order valence-electron chi connectivity index (χ2n) is 4.67. The molecule has 20 heavy (non-hydrogen) atoms. The van der Waals surface area contributed by atoms with Crippen molar-refractivity contribution in [2.75, 3.05) is 12.8 Å². The number of nitro benzene ring substituents is 1. The summed E-state index contributed by atoms with van der Waals surface area (Å²) in [6.45, 7) is 3.80. The van der Waals surface area contributed by atoms with Crippen LogP contribution in [0.5, 0.6) is 0 Å². The molecule has 0 fully saturated rings. The van der Waals surface area contributed by atoms with E-state index in [9.17, 15) is 20.0 Å². The van der Waals surface area contributed by atoms with Gasteiger partial charge in [-0.3, -0.25) is 14.9 Å². The normalized spacial score (nSPS) is 12.2. The minimum absolute atomic E-state index is 0.0310. The Bertz CT molecular complexity index is 505. The Balaban J connectivity index is 2.84. The maximum atomic E-state index is 11.9. The van der Waals surface area contributed by atoms with E-state index < -0.39 is 16.9 Å². The average Bonchev–Trinajstić information content (AvgIpc) is 2.43. The molecule has 7 heteroatoms. The number of aliphatic hydroxyl groups excluding tert-OH is 1. The molecule has 0 spiro atoms. The van der Waals surface area contributed by atoms with E-state index in [1.54, 1.807) is 12.3 Å². The molecule has 0 radical (unpaired) electrons. The summed E-state index contributed by atoms with van der Waals surface area (Å²) in [6, 6.07) is 4.34. The summed E-state index contributed by atoms with van der Waals surface area (Å²) in [5.41, 5.74) is 0.125. The summed E-state index contributed by atoms with van der Waals surface area (Å²) in [7, 11) is 0. The number of nitrogens with zero attached hydrogens (tertiary/aromatic N) is 1. The first-order chi connectivity index (χ1) is 9.36. The van der Waals surface area contributed by atoms with Crippen molar-refractivity contribution >= 4 is 23.4 Å². The molecule has 0 aromatic heterocycles. The molecule has 0 saturated carbocycles. The van der Waals surface area contributed by atoms with Gasteiger partial charge in [-0.1, -0.05) is 13.8 Å². The summed E-state index contributed by atoms with van der Waals surface area (Å²) < 4.78 is 0. The number of nitrogens with one attached hydrogen (secondary N) is 1. The molecular formula is C13H18N2O4S. The highest BCUT2D eigenvalue weighted by atomic mass is 32.2. The largest absolute Gasteiger partial charge is 0.391 e. The molecule has 6 nitrogen and oxygen atoms in total. The van der Waals surface area contributed by atoms with Gasteiger partial charge in [-0.2, -0.15) is 0 Å². The van der Waals surface area contributed by atoms with Crippen LogP contribution >= 0.6 is 11.8 Å². The van der Waals surface area contributed by atoms with Crippen molar-refractivity contribution in [3.63, 3.8) is 0 Å². The summed E-state index contributed by atoms with van der Waals surface area (Å²) in [4.78, 5) is 22.8. The van der Waals surface area contributed by atoms with Gasteiger partial charge in [0.1, 0.15) is 0 Å². The average molecular weight is 298 g/mol. The highest BCUT2D eigenvalue weighted by Gasteiger charge is 2.18. The van der Waals surface area contributed by atoms with Crippen LogP contribution in [0.2, 0.25) is 0 Å². The van der Waals surface area contributed by atoms with Crippen LogP contribution < -0.4 is 5.32 Å².